The van der Waals surface area contributed by atoms with E-state index in [-0.39, 0.29) is 18.2 Å². The lowest BCUT2D eigenvalue weighted by atomic mass is 9.89. The molecule has 0 spiro atoms. The van der Waals surface area contributed by atoms with Crippen LogP contribution < -0.4 is 9.47 Å². The molecule has 3 rings (SSSR count). The van der Waals surface area contributed by atoms with Gasteiger partial charge in [0.05, 0.1) is 7.11 Å². The third-order valence-electron chi connectivity index (χ3n) is 3.69. The van der Waals surface area contributed by atoms with Gasteiger partial charge in [-0.2, -0.15) is 0 Å². The fourth-order valence-electron chi connectivity index (χ4n) is 2.57. The Bertz CT molecular complexity index is 760. The van der Waals surface area contributed by atoms with E-state index in [0.717, 1.165) is 16.7 Å². The quantitative estimate of drug-likeness (QED) is 0.868. The second-order valence-corrected chi connectivity index (χ2v) is 5.07. The first-order valence-electron chi connectivity index (χ1n) is 6.91. The normalized spacial score (nSPS) is 13.4. The number of halogens is 1. The van der Waals surface area contributed by atoms with Gasteiger partial charge in [-0.15, -0.1) is 0 Å². The Morgan fingerprint density at radius 2 is 1.91 bits per heavy atom. The van der Waals surface area contributed by atoms with Gasteiger partial charge in [-0.3, -0.25) is 4.79 Å². The van der Waals surface area contributed by atoms with Gasteiger partial charge in [0.25, 0.3) is 0 Å². The summed E-state index contributed by atoms with van der Waals surface area (Å²) in [4.78, 5) is 12.0. The van der Waals surface area contributed by atoms with Crippen molar-refractivity contribution in [2.45, 2.75) is 6.92 Å². The van der Waals surface area contributed by atoms with Crippen LogP contribution in [0, 0.1) is 5.82 Å². The molecule has 1 heterocycles. The minimum atomic E-state index is -0.313. The van der Waals surface area contributed by atoms with Crippen LogP contribution in [0.15, 0.2) is 48.0 Å². The number of methoxy groups -OCH3 is 1. The van der Waals surface area contributed by atoms with Gasteiger partial charge in [0.15, 0.2) is 5.78 Å². The van der Waals surface area contributed by atoms with Crippen LogP contribution in [0.2, 0.25) is 0 Å². The first-order valence-corrected chi connectivity index (χ1v) is 6.91. The van der Waals surface area contributed by atoms with Crippen molar-refractivity contribution < 1.29 is 18.7 Å². The van der Waals surface area contributed by atoms with Gasteiger partial charge in [0.1, 0.15) is 23.9 Å². The molecule has 0 unspecified atom stereocenters. The number of carbonyl (C=O) groups excluding carboxylic acids is 1. The van der Waals surface area contributed by atoms with Gasteiger partial charge in [-0.25, -0.2) is 4.39 Å². The maximum Gasteiger partial charge on any atom is 0.159 e. The van der Waals surface area contributed by atoms with E-state index in [1.807, 2.05) is 12.1 Å². The molecule has 112 valence electrons. The van der Waals surface area contributed by atoms with Crippen molar-refractivity contribution >= 4 is 11.4 Å². The number of hydrogen-bond acceptors (Lipinski definition) is 3. The molecule has 0 saturated carbocycles. The van der Waals surface area contributed by atoms with Crippen LogP contribution in [0.1, 0.15) is 18.1 Å². The van der Waals surface area contributed by atoms with Gasteiger partial charge in [0.2, 0.25) is 0 Å². The smallest absolute Gasteiger partial charge is 0.159 e. The molecule has 0 saturated heterocycles. The number of Topliss-reactive ketones (excluding diaryl/α,β-unsaturated/α-hetero) is 1. The van der Waals surface area contributed by atoms with E-state index in [9.17, 15) is 9.18 Å². The van der Waals surface area contributed by atoms with Crippen LogP contribution in [-0.2, 0) is 4.79 Å². The zero-order chi connectivity index (χ0) is 15.7. The van der Waals surface area contributed by atoms with Gasteiger partial charge >= 0.3 is 0 Å². The molecule has 22 heavy (non-hydrogen) atoms. The molecule has 0 aromatic heterocycles. The standard InChI is InChI=1S/C18H15FO3/c1-11(20)16-10-22-17-8-7-14(21-2)9-15(17)18(16)12-3-5-13(19)6-4-12/h3-9H,10H2,1-2H3. The highest BCUT2D eigenvalue weighted by molar-refractivity contribution is 6.06. The van der Waals surface area contributed by atoms with Gasteiger partial charge in [-0.1, -0.05) is 12.1 Å². The summed E-state index contributed by atoms with van der Waals surface area (Å²) < 4.78 is 24.1. The van der Waals surface area contributed by atoms with Crippen LogP contribution in [0.4, 0.5) is 4.39 Å². The highest BCUT2D eigenvalue weighted by Gasteiger charge is 2.24. The Hall–Kier alpha value is -2.62. The van der Waals surface area contributed by atoms with Crippen molar-refractivity contribution in [2.24, 2.45) is 0 Å². The number of ether oxygens (including phenoxy) is 2. The van der Waals surface area contributed by atoms with Crippen molar-refractivity contribution in [1.29, 1.82) is 0 Å². The first kappa shape index (κ1) is 14.3. The largest absolute Gasteiger partial charge is 0.497 e. The monoisotopic (exact) mass is 298 g/mol. The van der Waals surface area contributed by atoms with E-state index in [4.69, 9.17) is 9.47 Å². The van der Waals surface area contributed by atoms with Gasteiger partial charge in [-0.05, 0) is 42.8 Å². The average Bonchev–Trinajstić information content (AvgIpc) is 2.54. The topological polar surface area (TPSA) is 35.5 Å². The lowest BCUT2D eigenvalue weighted by Gasteiger charge is -2.24. The number of ketones is 1. The lowest BCUT2D eigenvalue weighted by molar-refractivity contribution is -0.113. The van der Waals surface area contributed by atoms with E-state index in [1.165, 1.54) is 19.1 Å². The summed E-state index contributed by atoms with van der Waals surface area (Å²) in [5.41, 5.74) is 2.91. The number of fused-ring (bicyclic) bond motifs is 1. The van der Waals surface area contributed by atoms with Crippen molar-refractivity contribution in [3.05, 3.63) is 65.0 Å². The molecule has 4 heteroatoms. The Kier molecular flexibility index (Phi) is 3.67. The molecule has 2 aromatic rings. The molecule has 1 aliphatic heterocycles. The van der Waals surface area contributed by atoms with E-state index >= 15 is 0 Å². The third kappa shape index (κ3) is 2.48. The van der Waals surface area contributed by atoms with E-state index in [0.29, 0.717) is 17.1 Å². The van der Waals surface area contributed by atoms with Crippen LogP contribution in [0.5, 0.6) is 11.5 Å². The van der Waals surface area contributed by atoms with Crippen molar-refractivity contribution in [2.75, 3.05) is 13.7 Å². The van der Waals surface area contributed by atoms with E-state index in [1.54, 1.807) is 25.3 Å². The average molecular weight is 298 g/mol. The summed E-state index contributed by atoms with van der Waals surface area (Å²) in [7, 11) is 1.58. The van der Waals surface area contributed by atoms with E-state index < -0.39 is 0 Å². The Labute approximate surface area is 128 Å². The Balaban J connectivity index is 2.25. The SMILES string of the molecule is COc1ccc2c(c1)C(c1ccc(F)cc1)=C(C(C)=O)CO2. The fraction of sp³-hybridized carbons (Fsp3) is 0.167. The number of hydrogen-bond donors (Lipinski definition) is 0. The zero-order valence-corrected chi connectivity index (χ0v) is 12.4. The molecular weight excluding hydrogens is 283 g/mol. The van der Waals surface area contributed by atoms with Crippen molar-refractivity contribution in [1.82, 2.24) is 0 Å². The number of benzene rings is 2. The summed E-state index contributed by atoms with van der Waals surface area (Å²) in [6.45, 7) is 1.72. The molecule has 1 aliphatic rings. The number of rotatable bonds is 3. The van der Waals surface area contributed by atoms with Crippen molar-refractivity contribution in [3.63, 3.8) is 0 Å². The Morgan fingerprint density at radius 1 is 1.18 bits per heavy atom. The maximum atomic E-state index is 13.2. The predicted octanol–water partition coefficient (Wildman–Crippen LogP) is 3.62. The molecule has 0 bridgehead atoms. The predicted molar refractivity (Wildman–Crippen MR) is 81.6 cm³/mol. The lowest BCUT2D eigenvalue weighted by Crippen LogP contribution is -2.17. The second-order valence-electron chi connectivity index (χ2n) is 5.07. The van der Waals surface area contributed by atoms with Crippen LogP contribution in [0.3, 0.4) is 0 Å². The van der Waals surface area contributed by atoms with E-state index in [2.05, 4.69) is 0 Å². The first-order chi connectivity index (χ1) is 10.6. The molecule has 0 N–H and O–H groups in total. The molecule has 2 aromatic carbocycles. The van der Waals surface area contributed by atoms with Crippen LogP contribution in [0.25, 0.3) is 5.57 Å². The maximum absolute atomic E-state index is 13.2. The summed E-state index contributed by atoms with van der Waals surface area (Å²) >= 11 is 0. The summed E-state index contributed by atoms with van der Waals surface area (Å²) in [6, 6.07) is 11.6. The molecule has 0 fully saturated rings. The molecular formula is C18H15FO3. The molecule has 0 atom stereocenters. The summed E-state index contributed by atoms with van der Waals surface area (Å²) in [5.74, 6) is 0.983. The van der Waals surface area contributed by atoms with Crippen LogP contribution in [-0.4, -0.2) is 19.5 Å². The van der Waals surface area contributed by atoms with Gasteiger partial charge in [0, 0.05) is 16.7 Å². The van der Waals surface area contributed by atoms with Gasteiger partial charge < -0.3 is 9.47 Å². The van der Waals surface area contributed by atoms with Crippen LogP contribution >= 0.6 is 0 Å². The fourth-order valence-corrected chi connectivity index (χ4v) is 2.57. The number of carbonyl (C=O) groups is 1. The third-order valence-corrected chi connectivity index (χ3v) is 3.69. The zero-order valence-electron chi connectivity index (χ0n) is 12.4. The summed E-state index contributed by atoms with van der Waals surface area (Å²) in [5, 5.41) is 0. The molecule has 0 aliphatic carbocycles. The minimum Gasteiger partial charge on any atom is -0.497 e. The highest BCUT2D eigenvalue weighted by Crippen LogP contribution is 2.39. The molecule has 0 radical (unpaired) electrons. The molecule has 0 amide bonds. The highest BCUT2D eigenvalue weighted by atomic mass is 19.1. The Morgan fingerprint density at radius 3 is 2.55 bits per heavy atom. The minimum absolute atomic E-state index is 0.0622. The molecule has 3 nitrogen and oxygen atoms in total. The summed E-state index contributed by atoms with van der Waals surface area (Å²) in [6.07, 6.45) is 0. The van der Waals surface area contributed by atoms with Crippen molar-refractivity contribution in [3.8, 4) is 11.5 Å². The second kappa shape index (κ2) is 5.64.